The lowest BCUT2D eigenvalue weighted by atomic mass is 9.97. The lowest BCUT2D eigenvalue weighted by Crippen LogP contribution is -2.13. The first kappa shape index (κ1) is 14.2. The molecule has 0 aliphatic carbocycles. The van der Waals surface area contributed by atoms with Gasteiger partial charge in [0.25, 0.3) is 0 Å². The van der Waals surface area contributed by atoms with Gasteiger partial charge in [0.1, 0.15) is 5.82 Å². The van der Waals surface area contributed by atoms with Gasteiger partial charge in [0.05, 0.1) is 4.47 Å². The van der Waals surface area contributed by atoms with Crippen molar-refractivity contribution in [3.8, 4) is 0 Å². The van der Waals surface area contributed by atoms with Crippen molar-refractivity contribution >= 4 is 26.7 Å². The molecule has 21 heavy (non-hydrogen) atoms. The summed E-state index contributed by atoms with van der Waals surface area (Å²) in [5.74, 6) is -0.252. The van der Waals surface area contributed by atoms with E-state index in [4.69, 9.17) is 5.73 Å². The summed E-state index contributed by atoms with van der Waals surface area (Å²) in [6.07, 6.45) is 0.678. The van der Waals surface area contributed by atoms with Gasteiger partial charge in [0, 0.05) is 6.04 Å². The zero-order chi connectivity index (χ0) is 14.8. The minimum atomic E-state index is -0.252. The Morgan fingerprint density at radius 3 is 2.48 bits per heavy atom. The predicted octanol–water partition coefficient (Wildman–Crippen LogP) is 4.98. The maximum atomic E-state index is 13.3. The number of hydrogen-bond donors (Lipinski definition) is 1. The average Bonchev–Trinajstić information content (AvgIpc) is 2.50. The molecule has 3 aromatic rings. The molecular formula is C18H15BrFN. The summed E-state index contributed by atoms with van der Waals surface area (Å²) in [5, 5.41) is 2.39. The summed E-state index contributed by atoms with van der Waals surface area (Å²) in [7, 11) is 0. The van der Waals surface area contributed by atoms with Crippen LogP contribution in [0.25, 0.3) is 10.8 Å². The van der Waals surface area contributed by atoms with Crippen molar-refractivity contribution in [2.24, 2.45) is 5.73 Å². The molecule has 2 N–H and O–H groups in total. The number of nitrogens with two attached hydrogens (primary N) is 1. The van der Waals surface area contributed by atoms with Gasteiger partial charge in [-0.15, -0.1) is 0 Å². The van der Waals surface area contributed by atoms with Gasteiger partial charge < -0.3 is 5.73 Å². The third-order valence-electron chi connectivity index (χ3n) is 3.64. The summed E-state index contributed by atoms with van der Waals surface area (Å²) in [4.78, 5) is 0. The lowest BCUT2D eigenvalue weighted by molar-refractivity contribution is 0.618. The molecule has 106 valence electrons. The predicted molar refractivity (Wildman–Crippen MR) is 88.7 cm³/mol. The molecule has 1 unspecified atom stereocenters. The van der Waals surface area contributed by atoms with Gasteiger partial charge in [0.2, 0.25) is 0 Å². The third-order valence-corrected chi connectivity index (χ3v) is 4.25. The molecule has 0 fully saturated rings. The number of benzene rings is 3. The molecule has 3 rings (SSSR count). The molecular weight excluding hydrogens is 329 g/mol. The second kappa shape index (κ2) is 5.96. The molecule has 0 aromatic heterocycles. The summed E-state index contributed by atoms with van der Waals surface area (Å²) in [5.41, 5.74) is 8.41. The largest absolute Gasteiger partial charge is 0.324 e. The van der Waals surface area contributed by atoms with Crippen molar-refractivity contribution in [2.45, 2.75) is 12.5 Å². The highest BCUT2D eigenvalue weighted by molar-refractivity contribution is 9.10. The third kappa shape index (κ3) is 3.14. The van der Waals surface area contributed by atoms with Gasteiger partial charge in [-0.1, -0.05) is 42.5 Å². The molecule has 3 aromatic carbocycles. The number of rotatable bonds is 3. The van der Waals surface area contributed by atoms with Crippen LogP contribution in [0.15, 0.2) is 65.1 Å². The quantitative estimate of drug-likeness (QED) is 0.712. The van der Waals surface area contributed by atoms with Crippen LogP contribution in [0.3, 0.4) is 0 Å². The van der Waals surface area contributed by atoms with Crippen molar-refractivity contribution in [2.75, 3.05) is 0 Å². The zero-order valence-corrected chi connectivity index (χ0v) is 13.0. The molecule has 1 nitrogen and oxygen atoms in total. The normalized spacial score (nSPS) is 12.5. The summed E-state index contributed by atoms with van der Waals surface area (Å²) >= 11 is 3.21. The van der Waals surface area contributed by atoms with Crippen molar-refractivity contribution in [1.82, 2.24) is 0 Å². The van der Waals surface area contributed by atoms with Crippen LogP contribution in [0.2, 0.25) is 0 Å². The van der Waals surface area contributed by atoms with Gasteiger partial charge in [-0.25, -0.2) is 4.39 Å². The van der Waals surface area contributed by atoms with E-state index in [-0.39, 0.29) is 11.9 Å². The highest BCUT2D eigenvalue weighted by Crippen LogP contribution is 2.23. The van der Waals surface area contributed by atoms with Gasteiger partial charge in [-0.05, 0) is 62.4 Å². The molecule has 0 spiro atoms. The molecule has 0 aliphatic heterocycles. The minimum absolute atomic E-state index is 0.105. The summed E-state index contributed by atoms with van der Waals surface area (Å²) in [6, 6.07) is 19.4. The van der Waals surface area contributed by atoms with E-state index < -0.39 is 0 Å². The summed E-state index contributed by atoms with van der Waals surface area (Å²) < 4.78 is 13.7. The molecule has 0 saturated heterocycles. The standard InChI is InChI=1S/C18H15BrFN/c19-16-9-12(5-8-17(16)20)10-18(21)15-7-6-13-3-1-2-4-14(13)11-15/h1-9,11,18H,10,21H2. The Kier molecular flexibility index (Phi) is 4.04. The SMILES string of the molecule is NC(Cc1ccc(F)c(Br)c1)c1ccc2ccccc2c1. The van der Waals surface area contributed by atoms with E-state index in [1.54, 1.807) is 12.1 Å². The van der Waals surface area contributed by atoms with Gasteiger partial charge in [-0.2, -0.15) is 0 Å². The van der Waals surface area contributed by atoms with Crippen LogP contribution in [0.1, 0.15) is 17.2 Å². The second-order valence-corrected chi connectivity index (χ2v) is 6.02. The Bertz CT molecular complexity index is 785. The van der Waals surface area contributed by atoms with E-state index in [1.807, 2.05) is 12.1 Å². The van der Waals surface area contributed by atoms with Crippen molar-refractivity contribution in [3.63, 3.8) is 0 Å². The minimum Gasteiger partial charge on any atom is -0.324 e. The molecule has 0 radical (unpaired) electrons. The highest BCUT2D eigenvalue weighted by Gasteiger charge is 2.09. The van der Waals surface area contributed by atoms with Crippen LogP contribution >= 0.6 is 15.9 Å². The van der Waals surface area contributed by atoms with Crippen LogP contribution in [0.5, 0.6) is 0 Å². The van der Waals surface area contributed by atoms with E-state index in [0.717, 1.165) is 11.1 Å². The first-order valence-electron chi connectivity index (χ1n) is 6.82. The zero-order valence-electron chi connectivity index (χ0n) is 11.4. The van der Waals surface area contributed by atoms with Crippen molar-refractivity contribution in [3.05, 3.63) is 82.1 Å². The molecule has 0 saturated carbocycles. The monoisotopic (exact) mass is 343 g/mol. The van der Waals surface area contributed by atoms with Crippen LogP contribution in [0, 0.1) is 5.82 Å². The Hall–Kier alpha value is -1.71. The maximum absolute atomic E-state index is 13.3. The first-order chi connectivity index (χ1) is 10.1. The Morgan fingerprint density at radius 1 is 0.952 bits per heavy atom. The number of fused-ring (bicyclic) bond motifs is 1. The Morgan fingerprint density at radius 2 is 1.71 bits per heavy atom. The van der Waals surface area contributed by atoms with E-state index in [1.165, 1.54) is 16.8 Å². The van der Waals surface area contributed by atoms with Gasteiger partial charge >= 0.3 is 0 Å². The average molecular weight is 344 g/mol. The molecule has 0 heterocycles. The van der Waals surface area contributed by atoms with Crippen LogP contribution in [-0.4, -0.2) is 0 Å². The van der Waals surface area contributed by atoms with E-state index in [2.05, 4.69) is 46.3 Å². The first-order valence-corrected chi connectivity index (χ1v) is 7.61. The van der Waals surface area contributed by atoms with E-state index >= 15 is 0 Å². The van der Waals surface area contributed by atoms with E-state index in [0.29, 0.717) is 10.9 Å². The topological polar surface area (TPSA) is 26.0 Å². The Labute approximate surface area is 131 Å². The van der Waals surface area contributed by atoms with Crippen molar-refractivity contribution in [1.29, 1.82) is 0 Å². The lowest BCUT2D eigenvalue weighted by Gasteiger charge is -2.13. The molecule has 3 heteroatoms. The summed E-state index contributed by atoms with van der Waals surface area (Å²) in [6.45, 7) is 0. The van der Waals surface area contributed by atoms with E-state index in [9.17, 15) is 4.39 Å². The molecule has 1 atom stereocenters. The van der Waals surface area contributed by atoms with Crippen LogP contribution in [-0.2, 0) is 6.42 Å². The van der Waals surface area contributed by atoms with Gasteiger partial charge in [0.15, 0.2) is 0 Å². The van der Waals surface area contributed by atoms with Crippen LogP contribution < -0.4 is 5.73 Å². The fourth-order valence-electron chi connectivity index (χ4n) is 2.48. The fourth-order valence-corrected chi connectivity index (χ4v) is 2.90. The second-order valence-electron chi connectivity index (χ2n) is 5.17. The van der Waals surface area contributed by atoms with Crippen molar-refractivity contribution < 1.29 is 4.39 Å². The molecule has 0 amide bonds. The fraction of sp³-hybridized carbons (Fsp3) is 0.111. The highest BCUT2D eigenvalue weighted by atomic mass is 79.9. The Balaban J connectivity index is 1.85. The van der Waals surface area contributed by atoms with Gasteiger partial charge in [-0.3, -0.25) is 0 Å². The maximum Gasteiger partial charge on any atom is 0.137 e. The smallest absolute Gasteiger partial charge is 0.137 e. The molecule has 0 aliphatic rings. The number of halogens is 2. The number of hydrogen-bond acceptors (Lipinski definition) is 1. The molecule has 0 bridgehead atoms. The van der Waals surface area contributed by atoms with Crippen LogP contribution in [0.4, 0.5) is 4.39 Å².